The zero-order valence-corrected chi connectivity index (χ0v) is 15.0. The summed E-state index contributed by atoms with van der Waals surface area (Å²) in [7, 11) is 0. The molecule has 2 aromatic rings. The highest BCUT2D eigenvalue weighted by Gasteiger charge is 2.36. The Morgan fingerprint density at radius 3 is 2.32 bits per heavy atom. The molecular weight excluding hydrogens is 340 g/mol. The fourth-order valence-electron chi connectivity index (χ4n) is 2.38. The van der Waals surface area contributed by atoms with E-state index >= 15 is 0 Å². The van der Waals surface area contributed by atoms with Crippen molar-refractivity contribution in [2.75, 3.05) is 11.9 Å². The maximum Gasteiger partial charge on any atom is 0.262 e. The van der Waals surface area contributed by atoms with Crippen LogP contribution >= 0.6 is 11.3 Å². The van der Waals surface area contributed by atoms with Crippen molar-refractivity contribution >= 4 is 34.2 Å². The summed E-state index contributed by atoms with van der Waals surface area (Å²) in [6.45, 7) is 5.82. The van der Waals surface area contributed by atoms with Gasteiger partial charge in [0.25, 0.3) is 11.8 Å². The molecule has 0 saturated heterocycles. The van der Waals surface area contributed by atoms with Crippen LogP contribution in [0, 0.1) is 0 Å². The van der Waals surface area contributed by atoms with E-state index in [4.69, 9.17) is 0 Å². The molecular formula is C17H18N4O3S. The Labute approximate surface area is 149 Å². The van der Waals surface area contributed by atoms with Gasteiger partial charge >= 0.3 is 0 Å². The summed E-state index contributed by atoms with van der Waals surface area (Å²) in [5.41, 5.74) is 0.523. The highest BCUT2D eigenvalue weighted by Crippen LogP contribution is 2.31. The molecule has 0 spiro atoms. The summed E-state index contributed by atoms with van der Waals surface area (Å²) in [6, 6.07) is 6.53. The summed E-state index contributed by atoms with van der Waals surface area (Å²) < 4.78 is 0. The second kappa shape index (κ2) is 6.36. The molecule has 0 aliphatic carbocycles. The van der Waals surface area contributed by atoms with Gasteiger partial charge < -0.3 is 0 Å². The molecule has 7 nitrogen and oxygen atoms in total. The standard InChI is InChI=1S/C17H18N4O3S/c1-4-17(2,3)15-19-20-16(25-15)18-12(22)9-21-13(23)10-7-5-6-8-11(10)14(21)24/h5-8H,4,9H2,1-3H3,(H,18,20,22). The van der Waals surface area contributed by atoms with Crippen molar-refractivity contribution in [1.82, 2.24) is 15.1 Å². The fourth-order valence-corrected chi connectivity index (χ4v) is 3.32. The van der Waals surface area contributed by atoms with Gasteiger partial charge in [-0.15, -0.1) is 10.2 Å². The van der Waals surface area contributed by atoms with Crippen molar-refractivity contribution in [3.63, 3.8) is 0 Å². The number of fused-ring (bicyclic) bond motifs is 1. The summed E-state index contributed by atoms with van der Waals surface area (Å²) in [5, 5.41) is 11.9. The number of nitrogens with one attached hydrogen (secondary N) is 1. The number of imide groups is 1. The van der Waals surface area contributed by atoms with Gasteiger partial charge in [-0.1, -0.05) is 44.2 Å². The summed E-state index contributed by atoms with van der Waals surface area (Å²) in [6.07, 6.45) is 0.893. The van der Waals surface area contributed by atoms with Crippen molar-refractivity contribution in [3.8, 4) is 0 Å². The van der Waals surface area contributed by atoms with Gasteiger partial charge in [0, 0.05) is 5.41 Å². The first kappa shape index (κ1) is 17.2. The van der Waals surface area contributed by atoms with Gasteiger partial charge in [0.2, 0.25) is 11.0 Å². The van der Waals surface area contributed by atoms with Crippen molar-refractivity contribution < 1.29 is 14.4 Å². The largest absolute Gasteiger partial charge is 0.299 e. The highest BCUT2D eigenvalue weighted by atomic mass is 32.1. The zero-order chi connectivity index (χ0) is 18.2. The van der Waals surface area contributed by atoms with E-state index in [-0.39, 0.29) is 12.0 Å². The Morgan fingerprint density at radius 1 is 1.16 bits per heavy atom. The average molecular weight is 358 g/mol. The SMILES string of the molecule is CCC(C)(C)c1nnc(NC(=O)CN2C(=O)c3ccccc3C2=O)s1. The molecule has 1 N–H and O–H groups in total. The maximum absolute atomic E-state index is 12.3. The molecule has 0 saturated carbocycles. The number of aromatic nitrogens is 2. The van der Waals surface area contributed by atoms with Crippen LogP contribution < -0.4 is 5.32 Å². The Morgan fingerprint density at radius 2 is 1.76 bits per heavy atom. The number of hydrogen-bond donors (Lipinski definition) is 1. The van der Waals surface area contributed by atoms with Crippen LogP contribution in [0.1, 0.15) is 52.9 Å². The van der Waals surface area contributed by atoms with Crippen molar-refractivity contribution in [2.45, 2.75) is 32.6 Å². The van der Waals surface area contributed by atoms with Crippen LogP contribution in [0.4, 0.5) is 5.13 Å². The Bertz CT molecular complexity index is 824. The van der Waals surface area contributed by atoms with Crippen LogP contribution in [0.3, 0.4) is 0 Å². The molecule has 0 radical (unpaired) electrons. The predicted molar refractivity (Wildman–Crippen MR) is 93.7 cm³/mol. The normalized spacial score (nSPS) is 14.0. The third-order valence-corrected chi connectivity index (χ3v) is 5.52. The molecule has 0 bridgehead atoms. The number of carbonyl (C=O) groups excluding carboxylic acids is 3. The molecule has 0 atom stereocenters. The van der Waals surface area contributed by atoms with Crippen LogP contribution in [0.15, 0.2) is 24.3 Å². The van der Waals surface area contributed by atoms with E-state index in [1.807, 2.05) is 0 Å². The number of amides is 3. The van der Waals surface area contributed by atoms with E-state index < -0.39 is 17.7 Å². The van der Waals surface area contributed by atoms with Crippen LogP contribution in [0.2, 0.25) is 0 Å². The van der Waals surface area contributed by atoms with Gasteiger partial charge in [0.15, 0.2) is 0 Å². The minimum absolute atomic E-state index is 0.122. The summed E-state index contributed by atoms with van der Waals surface area (Å²) >= 11 is 1.30. The lowest BCUT2D eigenvalue weighted by Crippen LogP contribution is -2.37. The molecule has 1 aliphatic heterocycles. The van der Waals surface area contributed by atoms with Crippen molar-refractivity contribution in [1.29, 1.82) is 0 Å². The van der Waals surface area contributed by atoms with Gasteiger partial charge in [-0.2, -0.15) is 0 Å². The second-order valence-corrected chi connectivity index (χ2v) is 7.42. The van der Waals surface area contributed by atoms with Crippen molar-refractivity contribution in [2.24, 2.45) is 0 Å². The maximum atomic E-state index is 12.3. The first-order chi connectivity index (χ1) is 11.8. The monoisotopic (exact) mass is 358 g/mol. The Hall–Kier alpha value is -2.61. The van der Waals surface area contributed by atoms with Crippen LogP contribution in [0.25, 0.3) is 0 Å². The molecule has 3 amide bonds. The lowest BCUT2D eigenvalue weighted by Gasteiger charge is -2.17. The minimum atomic E-state index is -0.480. The third-order valence-electron chi connectivity index (χ3n) is 4.31. The number of carbonyl (C=O) groups is 3. The van der Waals surface area contributed by atoms with Crippen molar-refractivity contribution in [3.05, 3.63) is 40.4 Å². The van der Waals surface area contributed by atoms with Gasteiger partial charge in [0.05, 0.1) is 11.1 Å². The number of anilines is 1. The van der Waals surface area contributed by atoms with E-state index in [1.54, 1.807) is 24.3 Å². The first-order valence-corrected chi connectivity index (χ1v) is 8.74. The lowest BCUT2D eigenvalue weighted by atomic mass is 9.91. The second-order valence-electron chi connectivity index (χ2n) is 6.44. The predicted octanol–water partition coefficient (Wildman–Crippen LogP) is 2.46. The van der Waals surface area contributed by atoms with Crippen LogP contribution in [-0.2, 0) is 10.2 Å². The molecule has 8 heteroatoms. The van der Waals surface area contributed by atoms with E-state index in [9.17, 15) is 14.4 Å². The van der Waals surface area contributed by atoms with Gasteiger partial charge in [-0.25, -0.2) is 0 Å². The Balaban J connectivity index is 1.68. The molecule has 0 unspecified atom stereocenters. The topological polar surface area (TPSA) is 92.3 Å². The number of nitrogens with zero attached hydrogens (tertiary/aromatic N) is 3. The van der Waals surface area contributed by atoms with E-state index in [0.29, 0.717) is 16.3 Å². The molecule has 0 fully saturated rings. The number of rotatable bonds is 5. The molecule has 1 aromatic carbocycles. The van der Waals surface area contributed by atoms with Gasteiger partial charge in [-0.3, -0.25) is 24.6 Å². The summed E-state index contributed by atoms with van der Waals surface area (Å²) in [5.74, 6) is -1.40. The van der Waals surface area contributed by atoms with Crippen LogP contribution in [-0.4, -0.2) is 39.4 Å². The quantitative estimate of drug-likeness (QED) is 0.829. The Kier molecular flexibility index (Phi) is 4.38. The van der Waals surface area contributed by atoms with E-state index in [0.717, 1.165) is 16.3 Å². The number of hydrogen-bond acceptors (Lipinski definition) is 6. The zero-order valence-electron chi connectivity index (χ0n) is 14.2. The molecule has 25 heavy (non-hydrogen) atoms. The smallest absolute Gasteiger partial charge is 0.262 e. The van der Waals surface area contributed by atoms with Crippen LogP contribution in [0.5, 0.6) is 0 Å². The minimum Gasteiger partial charge on any atom is -0.299 e. The van der Waals surface area contributed by atoms with Gasteiger partial charge in [0.1, 0.15) is 11.6 Å². The number of benzene rings is 1. The molecule has 130 valence electrons. The lowest BCUT2D eigenvalue weighted by molar-refractivity contribution is -0.116. The molecule has 1 aromatic heterocycles. The molecule has 2 heterocycles. The van der Waals surface area contributed by atoms with E-state index in [1.165, 1.54) is 11.3 Å². The average Bonchev–Trinajstić information content (AvgIpc) is 3.15. The van der Waals surface area contributed by atoms with E-state index in [2.05, 4.69) is 36.3 Å². The third kappa shape index (κ3) is 3.17. The first-order valence-electron chi connectivity index (χ1n) is 7.92. The molecule has 1 aliphatic rings. The summed E-state index contributed by atoms with van der Waals surface area (Å²) in [4.78, 5) is 37.7. The fraction of sp³-hybridized carbons (Fsp3) is 0.353. The van der Waals surface area contributed by atoms with Gasteiger partial charge in [-0.05, 0) is 18.6 Å². The molecule has 3 rings (SSSR count). The highest BCUT2D eigenvalue weighted by molar-refractivity contribution is 7.15.